The molecule has 5 nitrogen and oxygen atoms in total. The van der Waals surface area contributed by atoms with Crippen LogP contribution in [0.3, 0.4) is 0 Å². The Bertz CT molecular complexity index is 380. The normalized spacial score (nSPS) is 18.6. The lowest BCUT2D eigenvalue weighted by Crippen LogP contribution is -2.49. The minimum Gasteiger partial charge on any atom is -0.394 e. The Balaban J connectivity index is 2.09. The lowest BCUT2D eigenvalue weighted by molar-refractivity contribution is 0.0837. The molecule has 0 radical (unpaired) electrons. The van der Waals surface area contributed by atoms with Crippen molar-refractivity contribution >= 4 is 5.91 Å². The second-order valence-electron chi connectivity index (χ2n) is 4.40. The summed E-state index contributed by atoms with van der Waals surface area (Å²) in [5, 5.41) is 15.8. The lowest BCUT2D eigenvalue weighted by Gasteiger charge is -2.27. The van der Waals surface area contributed by atoms with Crippen molar-refractivity contribution in [2.45, 2.75) is 38.1 Å². The number of carbonyl (C=O) groups excluding carboxylic acids is 1. The Labute approximate surface area is 93.8 Å². The van der Waals surface area contributed by atoms with Gasteiger partial charge in [0, 0.05) is 0 Å². The molecule has 1 aliphatic rings. The number of aromatic nitrogens is 1. The number of aryl methyl sites for hydroxylation is 1. The molecular formula is C11H16N2O3. The highest BCUT2D eigenvalue weighted by molar-refractivity contribution is 5.95. The largest absolute Gasteiger partial charge is 0.394 e. The third-order valence-electron chi connectivity index (χ3n) is 3.24. The Hall–Kier alpha value is -1.36. The van der Waals surface area contributed by atoms with Crippen LogP contribution in [0.5, 0.6) is 0 Å². The van der Waals surface area contributed by atoms with E-state index in [1.807, 2.05) is 0 Å². The van der Waals surface area contributed by atoms with Gasteiger partial charge in [-0.2, -0.15) is 0 Å². The zero-order chi connectivity index (χ0) is 11.6. The maximum Gasteiger partial charge on any atom is 0.257 e. The summed E-state index contributed by atoms with van der Waals surface area (Å²) in [5.41, 5.74) is 0.000532. The van der Waals surface area contributed by atoms with Gasteiger partial charge in [0.1, 0.15) is 11.3 Å². The number of rotatable bonds is 3. The van der Waals surface area contributed by atoms with Crippen LogP contribution < -0.4 is 5.32 Å². The first-order valence-electron chi connectivity index (χ1n) is 5.51. The average Bonchev–Trinajstić information content (AvgIpc) is 2.87. The zero-order valence-electron chi connectivity index (χ0n) is 9.32. The molecule has 0 aromatic carbocycles. The molecule has 0 spiro atoms. The fourth-order valence-electron chi connectivity index (χ4n) is 2.20. The highest BCUT2D eigenvalue weighted by Crippen LogP contribution is 2.29. The number of hydrogen-bond donors (Lipinski definition) is 2. The van der Waals surface area contributed by atoms with Gasteiger partial charge in [-0.1, -0.05) is 18.0 Å². The van der Waals surface area contributed by atoms with E-state index < -0.39 is 5.54 Å². The van der Waals surface area contributed by atoms with Crippen molar-refractivity contribution in [3.8, 4) is 0 Å². The van der Waals surface area contributed by atoms with Crippen LogP contribution in [0, 0.1) is 6.92 Å². The highest BCUT2D eigenvalue weighted by atomic mass is 16.5. The van der Waals surface area contributed by atoms with Gasteiger partial charge < -0.3 is 14.9 Å². The molecule has 0 aliphatic heterocycles. The maximum absolute atomic E-state index is 11.9. The molecule has 0 atom stereocenters. The average molecular weight is 224 g/mol. The second-order valence-corrected chi connectivity index (χ2v) is 4.40. The summed E-state index contributed by atoms with van der Waals surface area (Å²) in [4.78, 5) is 11.9. The first-order chi connectivity index (χ1) is 7.67. The molecule has 1 amide bonds. The SMILES string of the molecule is Cc1oncc1C(=O)NC1(CO)CCCC1. The van der Waals surface area contributed by atoms with Gasteiger partial charge in [-0.25, -0.2) is 0 Å². The van der Waals surface area contributed by atoms with Gasteiger partial charge in [0.2, 0.25) is 0 Å². The first kappa shape index (κ1) is 11.1. The fraction of sp³-hybridized carbons (Fsp3) is 0.636. The van der Waals surface area contributed by atoms with Crippen LogP contribution in [0.2, 0.25) is 0 Å². The molecule has 1 aromatic rings. The molecule has 0 bridgehead atoms. The van der Waals surface area contributed by atoms with Gasteiger partial charge in [0.25, 0.3) is 5.91 Å². The topological polar surface area (TPSA) is 75.4 Å². The Morgan fingerprint density at radius 3 is 2.81 bits per heavy atom. The van der Waals surface area contributed by atoms with Crippen LogP contribution in [0.1, 0.15) is 41.8 Å². The Morgan fingerprint density at radius 1 is 1.62 bits per heavy atom. The number of amides is 1. The minimum atomic E-state index is -0.444. The van der Waals surface area contributed by atoms with E-state index in [0.29, 0.717) is 11.3 Å². The van der Waals surface area contributed by atoms with Crippen LogP contribution in [0.15, 0.2) is 10.7 Å². The van der Waals surface area contributed by atoms with Gasteiger partial charge in [-0.3, -0.25) is 4.79 Å². The minimum absolute atomic E-state index is 0.0108. The van der Waals surface area contributed by atoms with Crippen molar-refractivity contribution in [3.63, 3.8) is 0 Å². The molecule has 2 N–H and O–H groups in total. The van der Waals surface area contributed by atoms with Gasteiger partial charge >= 0.3 is 0 Å². The van der Waals surface area contributed by atoms with Crippen molar-refractivity contribution in [1.29, 1.82) is 0 Å². The van der Waals surface area contributed by atoms with Gasteiger partial charge in [-0.15, -0.1) is 0 Å². The van der Waals surface area contributed by atoms with E-state index in [4.69, 9.17) is 4.52 Å². The van der Waals surface area contributed by atoms with Gasteiger partial charge in [-0.05, 0) is 19.8 Å². The standard InChI is InChI=1S/C11H16N2O3/c1-8-9(6-12-16-8)10(15)13-11(7-14)4-2-3-5-11/h6,14H,2-5,7H2,1H3,(H,13,15). The van der Waals surface area contributed by atoms with Crippen LogP contribution in [0.25, 0.3) is 0 Å². The van der Waals surface area contributed by atoms with Crippen molar-refractivity contribution in [1.82, 2.24) is 10.5 Å². The molecule has 0 saturated heterocycles. The molecule has 1 heterocycles. The summed E-state index contributed by atoms with van der Waals surface area (Å²) in [6.07, 6.45) is 5.16. The number of carbonyl (C=O) groups is 1. The van der Waals surface area contributed by atoms with Crippen LogP contribution in [-0.4, -0.2) is 28.3 Å². The van der Waals surface area contributed by atoms with E-state index in [9.17, 15) is 9.90 Å². The third kappa shape index (κ3) is 1.95. The van der Waals surface area contributed by atoms with Gasteiger partial charge in [0.05, 0.1) is 18.3 Å². The van der Waals surface area contributed by atoms with E-state index >= 15 is 0 Å². The number of nitrogens with zero attached hydrogens (tertiary/aromatic N) is 1. The monoisotopic (exact) mass is 224 g/mol. The number of aliphatic hydroxyl groups is 1. The number of aliphatic hydroxyl groups excluding tert-OH is 1. The van der Waals surface area contributed by atoms with E-state index in [1.54, 1.807) is 6.92 Å². The predicted octanol–water partition coefficient (Wildman–Crippen LogP) is 1.02. The summed E-state index contributed by atoms with van der Waals surface area (Å²) in [6, 6.07) is 0. The Morgan fingerprint density at radius 2 is 2.31 bits per heavy atom. The molecule has 2 rings (SSSR count). The highest BCUT2D eigenvalue weighted by Gasteiger charge is 2.35. The molecule has 1 aromatic heterocycles. The van der Waals surface area contributed by atoms with Crippen molar-refractivity contribution in [3.05, 3.63) is 17.5 Å². The number of nitrogens with one attached hydrogen (secondary N) is 1. The zero-order valence-corrected chi connectivity index (χ0v) is 9.32. The summed E-state index contributed by atoms with van der Waals surface area (Å²) >= 11 is 0. The molecule has 1 fully saturated rings. The molecule has 1 aliphatic carbocycles. The third-order valence-corrected chi connectivity index (χ3v) is 3.24. The van der Waals surface area contributed by atoms with E-state index in [1.165, 1.54) is 6.20 Å². The van der Waals surface area contributed by atoms with Crippen LogP contribution >= 0.6 is 0 Å². The Kier molecular flexibility index (Phi) is 2.96. The summed E-state index contributed by atoms with van der Waals surface area (Å²) in [5.74, 6) is 0.290. The molecular weight excluding hydrogens is 208 g/mol. The predicted molar refractivity (Wildman–Crippen MR) is 57.0 cm³/mol. The fourth-order valence-corrected chi connectivity index (χ4v) is 2.20. The quantitative estimate of drug-likeness (QED) is 0.803. The summed E-state index contributed by atoms with van der Waals surface area (Å²) in [7, 11) is 0. The maximum atomic E-state index is 11.9. The van der Waals surface area contributed by atoms with Crippen LogP contribution in [-0.2, 0) is 0 Å². The first-order valence-corrected chi connectivity index (χ1v) is 5.51. The second kappa shape index (κ2) is 4.25. The van der Waals surface area contributed by atoms with Crippen molar-refractivity contribution in [2.75, 3.05) is 6.61 Å². The van der Waals surface area contributed by atoms with E-state index in [0.717, 1.165) is 25.7 Å². The molecule has 88 valence electrons. The smallest absolute Gasteiger partial charge is 0.257 e. The summed E-state index contributed by atoms with van der Waals surface area (Å²) < 4.78 is 4.84. The molecule has 16 heavy (non-hydrogen) atoms. The van der Waals surface area contributed by atoms with E-state index in [2.05, 4.69) is 10.5 Å². The van der Waals surface area contributed by atoms with Crippen molar-refractivity contribution in [2.24, 2.45) is 0 Å². The summed E-state index contributed by atoms with van der Waals surface area (Å²) in [6.45, 7) is 1.69. The lowest BCUT2D eigenvalue weighted by atomic mass is 9.98. The molecule has 1 saturated carbocycles. The molecule has 0 unspecified atom stereocenters. The van der Waals surface area contributed by atoms with Crippen molar-refractivity contribution < 1.29 is 14.4 Å². The van der Waals surface area contributed by atoms with Gasteiger partial charge in [0.15, 0.2) is 0 Å². The molecule has 5 heteroatoms. The van der Waals surface area contributed by atoms with E-state index in [-0.39, 0.29) is 12.5 Å². The number of hydrogen-bond acceptors (Lipinski definition) is 4. The van der Waals surface area contributed by atoms with Crippen LogP contribution in [0.4, 0.5) is 0 Å².